The summed E-state index contributed by atoms with van der Waals surface area (Å²) in [6, 6.07) is 4.05. The SMILES string of the molecule is COc1ccc(S(=O)(=O)Cl)cc1-c1nn2c(C)nc(C)c2c(=O)[nH]1. The van der Waals surface area contributed by atoms with Crippen LogP contribution in [0.1, 0.15) is 11.5 Å². The van der Waals surface area contributed by atoms with Crippen LogP contribution in [0.3, 0.4) is 0 Å². The van der Waals surface area contributed by atoms with Crippen LogP contribution in [0.25, 0.3) is 16.9 Å². The second kappa shape index (κ2) is 5.60. The van der Waals surface area contributed by atoms with Gasteiger partial charge in [0, 0.05) is 10.7 Å². The second-order valence-electron chi connectivity index (χ2n) is 5.11. The van der Waals surface area contributed by atoms with Crippen molar-refractivity contribution in [2.45, 2.75) is 18.7 Å². The van der Waals surface area contributed by atoms with E-state index in [-0.39, 0.29) is 16.3 Å². The van der Waals surface area contributed by atoms with Crippen molar-refractivity contribution in [1.29, 1.82) is 0 Å². The van der Waals surface area contributed by atoms with E-state index < -0.39 is 9.05 Å². The first-order chi connectivity index (χ1) is 11.2. The lowest BCUT2D eigenvalue weighted by Crippen LogP contribution is -2.15. The number of benzene rings is 1. The number of hydrogen-bond donors (Lipinski definition) is 1. The number of rotatable bonds is 3. The maximum Gasteiger partial charge on any atom is 0.277 e. The van der Waals surface area contributed by atoms with Crippen molar-refractivity contribution in [3.05, 3.63) is 40.1 Å². The van der Waals surface area contributed by atoms with Crippen LogP contribution < -0.4 is 10.3 Å². The van der Waals surface area contributed by atoms with Gasteiger partial charge in [-0.05, 0) is 32.0 Å². The lowest BCUT2D eigenvalue weighted by atomic mass is 10.2. The molecule has 3 rings (SSSR count). The predicted octanol–water partition coefficient (Wildman–Crippen LogP) is 1.64. The molecule has 1 N–H and O–H groups in total. The van der Waals surface area contributed by atoms with E-state index in [0.29, 0.717) is 28.3 Å². The molecule has 2 heterocycles. The molecular weight excluding hydrogens is 356 g/mol. The Morgan fingerprint density at radius 1 is 1.29 bits per heavy atom. The summed E-state index contributed by atoms with van der Waals surface area (Å²) in [6.45, 7) is 3.42. The molecule has 10 heteroatoms. The standard InChI is InChI=1S/C14H13ClN4O4S/c1-7-12-14(20)17-13(18-19(12)8(2)16-7)10-6-9(24(15,21)22)4-5-11(10)23-3/h4-6H,1-3H3,(H,17,18,20). The molecule has 0 atom stereocenters. The number of hydrogen-bond acceptors (Lipinski definition) is 6. The van der Waals surface area contributed by atoms with Crippen LogP contribution >= 0.6 is 10.7 Å². The van der Waals surface area contributed by atoms with Gasteiger partial charge in [-0.1, -0.05) is 0 Å². The van der Waals surface area contributed by atoms with Gasteiger partial charge >= 0.3 is 0 Å². The summed E-state index contributed by atoms with van der Waals surface area (Å²) in [5, 5.41) is 4.34. The lowest BCUT2D eigenvalue weighted by Gasteiger charge is -2.09. The van der Waals surface area contributed by atoms with Gasteiger partial charge in [0.2, 0.25) is 0 Å². The minimum atomic E-state index is -3.94. The lowest BCUT2D eigenvalue weighted by molar-refractivity contribution is 0.415. The minimum absolute atomic E-state index is 0.124. The van der Waals surface area contributed by atoms with Crippen molar-refractivity contribution in [2.75, 3.05) is 7.11 Å². The summed E-state index contributed by atoms with van der Waals surface area (Å²) in [7, 11) is 2.88. The van der Waals surface area contributed by atoms with Gasteiger partial charge in [-0.25, -0.2) is 17.9 Å². The van der Waals surface area contributed by atoms with Gasteiger partial charge in [-0.3, -0.25) is 4.79 Å². The molecule has 0 saturated heterocycles. The molecular formula is C14H13ClN4O4S. The smallest absolute Gasteiger partial charge is 0.277 e. The molecule has 2 aromatic heterocycles. The molecule has 0 radical (unpaired) electrons. The number of aryl methyl sites for hydroxylation is 2. The van der Waals surface area contributed by atoms with E-state index in [4.69, 9.17) is 15.4 Å². The van der Waals surface area contributed by atoms with Crippen LogP contribution in [0.4, 0.5) is 0 Å². The number of halogens is 1. The van der Waals surface area contributed by atoms with Crippen LogP contribution in [0.2, 0.25) is 0 Å². The summed E-state index contributed by atoms with van der Waals surface area (Å²) in [5.74, 6) is 1.03. The Kier molecular flexibility index (Phi) is 3.84. The molecule has 0 spiro atoms. The monoisotopic (exact) mass is 368 g/mol. The Bertz CT molecular complexity index is 1120. The summed E-state index contributed by atoms with van der Waals surface area (Å²) >= 11 is 0. The van der Waals surface area contributed by atoms with E-state index in [2.05, 4.69) is 15.1 Å². The molecule has 1 aromatic carbocycles. The summed E-state index contributed by atoms with van der Waals surface area (Å²) < 4.78 is 29.8. The Labute approximate surface area is 141 Å². The highest BCUT2D eigenvalue weighted by Crippen LogP contribution is 2.30. The van der Waals surface area contributed by atoms with Gasteiger partial charge in [0.05, 0.1) is 23.3 Å². The predicted molar refractivity (Wildman–Crippen MR) is 88.1 cm³/mol. The van der Waals surface area contributed by atoms with E-state index in [9.17, 15) is 13.2 Å². The molecule has 0 fully saturated rings. The molecule has 0 unspecified atom stereocenters. The third kappa shape index (κ3) is 2.65. The topological polar surface area (TPSA) is 106 Å². The Balaban J connectivity index is 2.35. The number of aromatic nitrogens is 4. The van der Waals surface area contributed by atoms with Gasteiger partial charge in [-0.15, -0.1) is 5.10 Å². The number of methoxy groups -OCH3 is 1. The van der Waals surface area contributed by atoms with Gasteiger partial charge in [0.15, 0.2) is 11.3 Å². The van der Waals surface area contributed by atoms with Gasteiger partial charge in [0.25, 0.3) is 14.6 Å². The van der Waals surface area contributed by atoms with Crippen molar-refractivity contribution in [3.8, 4) is 17.1 Å². The zero-order valence-corrected chi connectivity index (χ0v) is 14.6. The number of nitrogens with zero attached hydrogens (tertiary/aromatic N) is 3. The molecule has 0 aliphatic carbocycles. The van der Waals surface area contributed by atoms with Crippen LogP contribution in [0.15, 0.2) is 27.9 Å². The normalized spacial score (nSPS) is 11.8. The summed E-state index contributed by atoms with van der Waals surface area (Å²) in [5.41, 5.74) is 0.788. The zero-order chi connectivity index (χ0) is 17.6. The van der Waals surface area contributed by atoms with Crippen LogP contribution in [0.5, 0.6) is 5.75 Å². The van der Waals surface area contributed by atoms with Crippen LogP contribution in [-0.2, 0) is 9.05 Å². The summed E-state index contributed by atoms with van der Waals surface area (Å²) in [4.78, 5) is 19.1. The fraction of sp³-hybridized carbons (Fsp3) is 0.214. The first-order valence-corrected chi connectivity index (χ1v) is 9.12. The van der Waals surface area contributed by atoms with Crippen LogP contribution in [0, 0.1) is 13.8 Å². The summed E-state index contributed by atoms with van der Waals surface area (Å²) in [6.07, 6.45) is 0. The quantitative estimate of drug-likeness (QED) is 0.704. The number of nitrogens with one attached hydrogen (secondary N) is 1. The molecule has 0 saturated carbocycles. The first-order valence-electron chi connectivity index (χ1n) is 6.81. The van der Waals surface area contributed by atoms with Crippen molar-refractivity contribution < 1.29 is 13.2 Å². The van der Waals surface area contributed by atoms with E-state index >= 15 is 0 Å². The third-order valence-electron chi connectivity index (χ3n) is 3.55. The molecule has 126 valence electrons. The highest BCUT2D eigenvalue weighted by atomic mass is 35.7. The maximum atomic E-state index is 12.3. The van der Waals surface area contributed by atoms with Crippen molar-refractivity contribution in [3.63, 3.8) is 0 Å². The highest BCUT2D eigenvalue weighted by molar-refractivity contribution is 8.13. The Hall–Kier alpha value is -2.39. The Morgan fingerprint density at radius 3 is 2.62 bits per heavy atom. The Morgan fingerprint density at radius 2 is 2.00 bits per heavy atom. The number of imidazole rings is 1. The molecule has 0 bridgehead atoms. The van der Waals surface area contributed by atoms with Crippen LogP contribution in [-0.4, -0.2) is 35.1 Å². The molecule has 3 aromatic rings. The van der Waals surface area contributed by atoms with E-state index in [1.54, 1.807) is 13.8 Å². The number of aromatic amines is 1. The molecule has 24 heavy (non-hydrogen) atoms. The van der Waals surface area contributed by atoms with Crippen molar-refractivity contribution in [2.24, 2.45) is 0 Å². The minimum Gasteiger partial charge on any atom is -0.496 e. The molecule has 0 amide bonds. The van der Waals surface area contributed by atoms with Crippen molar-refractivity contribution >= 4 is 25.2 Å². The third-order valence-corrected chi connectivity index (χ3v) is 4.90. The second-order valence-corrected chi connectivity index (χ2v) is 7.67. The molecule has 0 aliphatic heterocycles. The fourth-order valence-electron chi connectivity index (χ4n) is 2.48. The number of fused-ring (bicyclic) bond motifs is 1. The molecule has 0 aliphatic rings. The van der Waals surface area contributed by atoms with E-state index in [1.165, 1.54) is 29.8 Å². The van der Waals surface area contributed by atoms with Gasteiger partial charge in [0.1, 0.15) is 11.6 Å². The number of H-pyrrole nitrogens is 1. The highest BCUT2D eigenvalue weighted by Gasteiger charge is 2.18. The van der Waals surface area contributed by atoms with E-state index in [0.717, 1.165) is 0 Å². The average molecular weight is 369 g/mol. The fourth-order valence-corrected chi connectivity index (χ4v) is 3.25. The zero-order valence-electron chi connectivity index (χ0n) is 13.0. The van der Waals surface area contributed by atoms with Gasteiger partial charge < -0.3 is 9.72 Å². The van der Waals surface area contributed by atoms with Gasteiger partial charge in [-0.2, -0.15) is 0 Å². The first kappa shape index (κ1) is 16.5. The van der Waals surface area contributed by atoms with E-state index in [1.807, 2.05) is 0 Å². The molecule has 8 nitrogen and oxygen atoms in total. The van der Waals surface area contributed by atoms with Crippen molar-refractivity contribution in [1.82, 2.24) is 19.6 Å². The number of ether oxygens (including phenoxy) is 1. The largest absolute Gasteiger partial charge is 0.496 e. The maximum absolute atomic E-state index is 12.3. The average Bonchev–Trinajstić information content (AvgIpc) is 2.80.